The van der Waals surface area contributed by atoms with Gasteiger partial charge in [0, 0.05) is 28.3 Å². The molecule has 0 aliphatic rings. The number of nitrogens with two attached hydrogens (primary N) is 1. The number of hydrogen-bond acceptors (Lipinski definition) is 2. The fraction of sp³-hybridized carbons (Fsp3) is 0.250. The Balaban J connectivity index is 2.33. The van der Waals surface area contributed by atoms with Crippen LogP contribution >= 0.6 is 15.9 Å². The van der Waals surface area contributed by atoms with Crippen LogP contribution < -0.4 is 5.73 Å². The van der Waals surface area contributed by atoms with Crippen molar-refractivity contribution in [2.24, 2.45) is 5.73 Å². The lowest BCUT2D eigenvalue weighted by Gasteiger charge is -2.11. The van der Waals surface area contributed by atoms with E-state index < -0.39 is 6.04 Å². The van der Waals surface area contributed by atoms with Crippen molar-refractivity contribution in [3.63, 3.8) is 0 Å². The van der Waals surface area contributed by atoms with Crippen LogP contribution in [0.3, 0.4) is 0 Å². The summed E-state index contributed by atoms with van der Waals surface area (Å²) in [5.41, 5.74) is 7.32. The number of nitrogens with zero attached hydrogens (tertiary/aromatic N) is 2. The second-order valence-corrected chi connectivity index (χ2v) is 4.69. The zero-order valence-electron chi connectivity index (χ0n) is 9.40. The number of halogens is 2. The average Bonchev–Trinajstić information content (AvgIpc) is 2.76. The monoisotopic (exact) mass is 297 g/mol. The maximum absolute atomic E-state index is 13.7. The topological polar surface area (TPSA) is 43.8 Å². The summed E-state index contributed by atoms with van der Waals surface area (Å²) in [5, 5.41) is 4.13. The minimum Gasteiger partial charge on any atom is -0.320 e. The van der Waals surface area contributed by atoms with Crippen molar-refractivity contribution in [1.29, 1.82) is 0 Å². The van der Waals surface area contributed by atoms with Gasteiger partial charge in [0.15, 0.2) is 0 Å². The molecular weight excluding hydrogens is 285 g/mol. The van der Waals surface area contributed by atoms with Gasteiger partial charge in [-0.15, -0.1) is 0 Å². The van der Waals surface area contributed by atoms with Crippen LogP contribution in [-0.2, 0) is 6.54 Å². The van der Waals surface area contributed by atoms with E-state index in [2.05, 4.69) is 21.0 Å². The van der Waals surface area contributed by atoms with E-state index in [0.717, 1.165) is 12.1 Å². The lowest BCUT2D eigenvalue weighted by molar-refractivity contribution is 0.598. The van der Waals surface area contributed by atoms with Crippen LogP contribution in [0.25, 0.3) is 0 Å². The number of benzene rings is 1. The Kier molecular flexibility index (Phi) is 3.59. The molecule has 1 atom stereocenters. The summed E-state index contributed by atoms with van der Waals surface area (Å²) < 4.78 is 16.2. The Morgan fingerprint density at radius 1 is 1.53 bits per heavy atom. The first-order chi connectivity index (χ1) is 8.11. The molecule has 2 rings (SSSR count). The molecule has 0 saturated carbocycles. The third-order valence-corrected chi connectivity index (χ3v) is 3.13. The SMILES string of the molecule is CCn1cc(C(N)c2ccc(Br)cc2F)cn1. The molecule has 0 amide bonds. The summed E-state index contributed by atoms with van der Waals surface area (Å²) in [6.45, 7) is 2.76. The van der Waals surface area contributed by atoms with Gasteiger partial charge >= 0.3 is 0 Å². The number of rotatable bonds is 3. The number of hydrogen-bond donors (Lipinski definition) is 1. The van der Waals surface area contributed by atoms with Gasteiger partial charge in [-0.1, -0.05) is 22.0 Å². The highest BCUT2D eigenvalue weighted by molar-refractivity contribution is 9.10. The smallest absolute Gasteiger partial charge is 0.129 e. The summed E-state index contributed by atoms with van der Waals surface area (Å²) in [7, 11) is 0. The summed E-state index contributed by atoms with van der Waals surface area (Å²) in [4.78, 5) is 0. The molecular formula is C12H13BrFN3. The third-order valence-electron chi connectivity index (χ3n) is 2.63. The second-order valence-electron chi connectivity index (χ2n) is 3.77. The molecule has 3 nitrogen and oxygen atoms in total. The maximum Gasteiger partial charge on any atom is 0.129 e. The molecule has 2 aromatic rings. The van der Waals surface area contributed by atoms with Crippen molar-refractivity contribution in [2.45, 2.75) is 19.5 Å². The fourth-order valence-corrected chi connectivity index (χ4v) is 1.98. The zero-order valence-corrected chi connectivity index (χ0v) is 11.0. The first-order valence-electron chi connectivity index (χ1n) is 5.34. The van der Waals surface area contributed by atoms with Crippen molar-refractivity contribution < 1.29 is 4.39 Å². The predicted octanol–water partition coefficient (Wildman–Crippen LogP) is 2.85. The first-order valence-corrected chi connectivity index (χ1v) is 6.14. The van der Waals surface area contributed by atoms with Crippen LogP contribution in [0.15, 0.2) is 35.1 Å². The molecule has 0 radical (unpaired) electrons. The summed E-state index contributed by atoms with van der Waals surface area (Å²) in [6, 6.07) is 4.40. The minimum absolute atomic E-state index is 0.309. The average molecular weight is 298 g/mol. The van der Waals surface area contributed by atoms with Gasteiger partial charge in [-0.05, 0) is 19.1 Å². The molecule has 1 unspecified atom stereocenters. The van der Waals surface area contributed by atoms with Crippen LogP contribution in [-0.4, -0.2) is 9.78 Å². The molecule has 0 aliphatic heterocycles. The van der Waals surface area contributed by atoms with E-state index in [1.54, 1.807) is 23.0 Å². The van der Waals surface area contributed by atoms with Gasteiger partial charge in [0.2, 0.25) is 0 Å². The standard InChI is InChI=1S/C12H13BrFN3/c1-2-17-7-8(6-16-17)12(15)10-4-3-9(13)5-11(10)14/h3-7,12H,2,15H2,1H3. The number of aromatic nitrogens is 2. The third kappa shape index (κ3) is 2.56. The Bertz CT molecular complexity index is 524. The molecule has 0 bridgehead atoms. The Labute approximate surface area is 108 Å². The van der Waals surface area contributed by atoms with E-state index in [1.807, 2.05) is 13.1 Å². The lowest BCUT2D eigenvalue weighted by atomic mass is 10.0. The molecule has 0 spiro atoms. The molecule has 90 valence electrons. The molecule has 1 aromatic carbocycles. The Hall–Kier alpha value is -1.20. The largest absolute Gasteiger partial charge is 0.320 e. The fourth-order valence-electron chi connectivity index (χ4n) is 1.65. The minimum atomic E-state index is -0.483. The summed E-state index contributed by atoms with van der Waals surface area (Å²) in [5.74, 6) is -0.309. The van der Waals surface area contributed by atoms with Crippen LogP contribution in [0.2, 0.25) is 0 Å². The summed E-state index contributed by atoms with van der Waals surface area (Å²) in [6.07, 6.45) is 3.52. The van der Waals surface area contributed by atoms with Gasteiger partial charge in [0.25, 0.3) is 0 Å². The number of aryl methyl sites for hydroxylation is 1. The lowest BCUT2D eigenvalue weighted by Crippen LogP contribution is -2.13. The van der Waals surface area contributed by atoms with Crippen LogP contribution in [0, 0.1) is 5.82 Å². The van der Waals surface area contributed by atoms with Crippen molar-refractivity contribution in [1.82, 2.24) is 9.78 Å². The van der Waals surface area contributed by atoms with Crippen molar-refractivity contribution in [3.8, 4) is 0 Å². The Morgan fingerprint density at radius 2 is 2.29 bits per heavy atom. The van der Waals surface area contributed by atoms with Crippen molar-refractivity contribution >= 4 is 15.9 Å². The predicted molar refractivity (Wildman–Crippen MR) is 68.0 cm³/mol. The highest BCUT2D eigenvalue weighted by Crippen LogP contribution is 2.24. The Morgan fingerprint density at radius 3 is 2.88 bits per heavy atom. The van der Waals surface area contributed by atoms with E-state index in [9.17, 15) is 4.39 Å². The van der Waals surface area contributed by atoms with Gasteiger partial charge in [0.05, 0.1) is 12.2 Å². The molecule has 1 heterocycles. The molecule has 2 N–H and O–H groups in total. The van der Waals surface area contributed by atoms with Gasteiger partial charge < -0.3 is 5.73 Å². The van der Waals surface area contributed by atoms with Gasteiger partial charge in [0.1, 0.15) is 5.82 Å². The molecule has 1 aromatic heterocycles. The van der Waals surface area contributed by atoms with Crippen LogP contribution in [0.5, 0.6) is 0 Å². The van der Waals surface area contributed by atoms with E-state index >= 15 is 0 Å². The highest BCUT2D eigenvalue weighted by atomic mass is 79.9. The van der Waals surface area contributed by atoms with Gasteiger partial charge in [-0.25, -0.2) is 4.39 Å². The van der Waals surface area contributed by atoms with Crippen LogP contribution in [0.4, 0.5) is 4.39 Å². The van der Waals surface area contributed by atoms with Gasteiger partial charge in [-0.3, -0.25) is 4.68 Å². The molecule has 17 heavy (non-hydrogen) atoms. The van der Waals surface area contributed by atoms with Crippen molar-refractivity contribution in [3.05, 3.63) is 52.0 Å². The van der Waals surface area contributed by atoms with Gasteiger partial charge in [-0.2, -0.15) is 5.10 Å². The van der Waals surface area contributed by atoms with E-state index in [1.165, 1.54) is 6.07 Å². The first kappa shape index (κ1) is 12.3. The van der Waals surface area contributed by atoms with E-state index in [4.69, 9.17) is 5.73 Å². The second kappa shape index (κ2) is 4.98. The van der Waals surface area contributed by atoms with Crippen molar-refractivity contribution in [2.75, 3.05) is 0 Å². The summed E-state index contributed by atoms with van der Waals surface area (Å²) >= 11 is 3.22. The zero-order chi connectivity index (χ0) is 12.4. The molecule has 0 aliphatic carbocycles. The molecule has 0 saturated heterocycles. The quantitative estimate of drug-likeness (QED) is 0.947. The maximum atomic E-state index is 13.7. The van der Waals surface area contributed by atoms with Crippen LogP contribution in [0.1, 0.15) is 24.1 Å². The molecule has 0 fully saturated rings. The highest BCUT2D eigenvalue weighted by Gasteiger charge is 2.15. The van der Waals surface area contributed by atoms with E-state index in [0.29, 0.717) is 10.0 Å². The normalized spacial score (nSPS) is 12.7. The molecule has 5 heteroatoms. The van der Waals surface area contributed by atoms with E-state index in [-0.39, 0.29) is 5.82 Å².